The van der Waals surface area contributed by atoms with Gasteiger partial charge in [-0.05, 0) is 18.1 Å². The third kappa shape index (κ3) is 3.26. The summed E-state index contributed by atoms with van der Waals surface area (Å²) in [5.41, 5.74) is 1.51. The molecule has 0 spiro atoms. The lowest BCUT2D eigenvalue weighted by Crippen LogP contribution is -2.33. The van der Waals surface area contributed by atoms with Crippen molar-refractivity contribution in [2.45, 2.75) is 6.54 Å². The lowest BCUT2D eigenvalue weighted by atomic mass is 9.77. The average molecular weight is 291 g/mol. The van der Waals surface area contributed by atoms with E-state index in [1.165, 1.54) is 0 Å². The van der Waals surface area contributed by atoms with Crippen molar-refractivity contribution in [3.63, 3.8) is 0 Å². The second kappa shape index (κ2) is 4.95. The Morgan fingerprint density at radius 3 is 2.54 bits per heavy atom. The standard InChI is InChI=1S/C8H11BINO2/c1-11(10)6-7-4-2-3-5-8(7)9(12)13/h2-5,12-13H,6H2,1H3. The van der Waals surface area contributed by atoms with Crippen LogP contribution < -0.4 is 5.46 Å². The summed E-state index contributed by atoms with van der Waals surface area (Å²) < 4.78 is 1.96. The highest BCUT2D eigenvalue weighted by Gasteiger charge is 2.15. The molecule has 0 unspecified atom stereocenters. The Labute approximate surface area is 92.0 Å². The van der Waals surface area contributed by atoms with Crippen LogP contribution in [0.2, 0.25) is 0 Å². The fraction of sp³-hybridized carbons (Fsp3) is 0.250. The van der Waals surface area contributed by atoms with Crippen LogP contribution in [-0.2, 0) is 6.54 Å². The second-order valence-electron chi connectivity index (χ2n) is 2.84. The summed E-state index contributed by atoms with van der Waals surface area (Å²) in [5.74, 6) is 0. The zero-order chi connectivity index (χ0) is 9.84. The summed E-state index contributed by atoms with van der Waals surface area (Å²) >= 11 is 2.16. The molecule has 70 valence electrons. The van der Waals surface area contributed by atoms with Crippen LogP contribution in [0.3, 0.4) is 0 Å². The van der Waals surface area contributed by atoms with Crippen molar-refractivity contribution < 1.29 is 10.0 Å². The van der Waals surface area contributed by atoms with Gasteiger partial charge in [0, 0.05) is 29.4 Å². The number of benzene rings is 1. The van der Waals surface area contributed by atoms with Gasteiger partial charge < -0.3 is 10.0 Å². The first-order chi connectivity index (χ1) is 6.11. The molecule has 0 fully saturated rings. The number of hydrogen-bond donors (Lipinski definition) is 2. The molecule has 0 aliphatic heterocycles. The van der Waals surface area contributed by atoms with Crippen molar-refractivity contribution in [1.82, 2.24) is 3.11 Å². The number of hydrogen-bond acceptors (Lipinski definition) is 3. The fourth-order valence-electron chi connectivity index (χ4n) is 1.16. The Hall–Kier alpha value is -0.105. The molecule has 0 aliphatic rings. The lowest BCUT2D eigenvalue weighted by Gasteiger charge is -2.11. The molecular formula is C8H11BINO2. The third-order valence-corrected chi connectivity index (χ3v) is 2.06. The van der Waals surface area contributed by atoms with Gasteiger partial charge >= 0.3 is 7.12 Å². The van der Waals surface area contributed by atoms with Crippen LogP contribution in [0.5, 0.6) is 0 Å². The molecule has 0 aromatic heterocycles. The van der Waals surface area contributed by atoms with E-state index in [-0.39, 0.29) is 0 Å². The van der Waals surface area contributed by atoms with Crippen molar-refractivity contribution in [1.29, 1.82) is 0 Å². The lowest BCUT2D eigenvalue weighted by molar-refractivity contribution is 0.425. The fourth-order valence-corrected chi connectivity index (χ4v) is 1.53. The summed E-state index contributed by atoms with van der Waals surface area (Å²) in [5, 5.41) is 18.1. The quantitative estimate of drug-likeness (QED) is 0.473. The zero-order valence-corrected chi connectivity index (χ0v) is 9.47. The van der Waals surface area contributed by atoms with Crippen LogP contribution in [0.1, 0.15) is 5.56 Å². The van der Waals surface area contributed by atoms with Gasteiger partial charge in [0.15, 0.2) is 0 Å². The average Bonchev–Trinajstić information content (AvgIpc) is 2.03. The van der Waals surface area contributed by atoms with E-state index in [4.69, 9.17) is 10.0 Å². The molecule has 3 nitrogen and oxygen atoms in total. The van der Waals surface area contributed by atoms with Crippen LogP contribution in [-0.4, -0.2) is 27.3 Å². The molecular weight excluding hydrogens is 280 g/mol. The first kappa shape index (κ1) is 11.0. The zero-order valence-electron chi connectivity index (χ0n) is 7.31. The van der Waals surface area contributed by atoms with Gasteiger partial charge in [-0.3, -0.25) is 0 Å². The summed E-state index contributed by atoms with van der Waals surface area (Å²) in [6.07, 6.45) is 0. The van der Waals surface area contributed by atoms with Crippen molar-refractivity contribution >= 4 is 35.4 Å². The molecule has 0 saturated heterocycles. The SMILES string of the molecule is CN(I)Cc1ccccc1B(O)O. The molecule has 13 heavy (non-hydrogen) atoms. The van der Waals surface area contributed by atoms with Crippen molar-refractivity contribution in [2.24, 2.45) is 0 Å². The molecule has 0 saturated carbocycles. The Bertz CT molecular complexity index is 281. The number of nitrogens with zero attached hydrogens (tertiary/aromatic N) is 1. The monoisotopic (exact) mass is 291 g/mol. The Kier molecular flexibility index (Phi) is 4.18. The number of halogens is 1. The van der Waals surface area contributed by atoms with E-state index in [9.17, 15) is 0 Å². The molecule has 0 atom stereocenters. The van der Waals surface area contributed by atoms with Gasteiger partial charge in [0.25, 0.3) is 0 Å². The summed E-state index contributed by atoms with van der Waals surface area (Å²) in [6, 6.07) is 7.30. The molecule has 0 aliphatic carbocycles. The maximum Gasteiger partial charge on any atom is 0.488 e. The Morgan fingerprint density at radius 1 is 1.38 bits per heavy atom. The minimum absolute atomic E-state index is 0.575. The van der Waals surface area contributed by atoms with E-state index in [2.05, 4.69) is 22.9 Å². The summed E-state index contributed by atoms with van der Waals surface area (Å²) in [6.45, 7) is 0.703. The second-order valence-corrected chi connectivity index (χ2v) is 4.48. The number of rotatable bonds is 3. The highest BCUT2D eigenvalue weighted by Crippen LogP contribution is 2.04. The van der Waals surface area contributed by atoms with Crippen molar-refractivity contribution in [3.8, 4) is 0 Å². The third-order valence-electron chi connectivity index (χ3n) is 1.72. The normalized spacial score (nSPS) is 10.5. The highest BCUT2D eigenvalue weighted by molar-refractivity contribution is 14.1. The first-order valence-corrected chi connectivity index (χ1v) is 4.88. The van der Waals surface area contributed by atoms with E-state index in [0.29, 0.717) is 12.0 Å². The molecule has 5 heteroatoms. The van der Waals surface area contributed by atoms with Crippen molar-refractivity contribution in [2.75, 3.05) is 7.05 Å². The largest absolute Gasteiger partial charge is 0.488 e. The van der Waals surface area contributed by atoms with Gasteiger partial charge in [0.1, 0.15) is 0 Å². The minimum Gasteiger partial charge on any atom is -0.423 e. The molecule has 0 amide bonds. The van der Waals surface area contributed by atoms with E-state index in [1.807, 2.05) is 22.3 Å². The van der Waals surface area contributed by atoms with Crippen molar-refractivity contribution in [3.05, 3.63) is 29.8 Å². The molecule has 0 heterocycles. The van der Waals surface area contributed by atoms with Gasteiger partial charge in [-0.25, -0.2) is 3.11 Å². The van der Waals surface area contributed by atoms with Crippen LogP contribution in [0.25, 0.3) is 0 Å². The predicted molar refractivity (Wildman–Crippen MR) is 61.8 cm³/mol. The topological polar surface area (TPSA) is 43.7 Å². The maximum absolute atomic E-state index is 9.05. The highest BCUT2D eigenvalue weighted by atomic mass is 127. The maximum atomic E-state index is 9.05. The Balaban J connectivity index is 2.91. The molecule has 1 rings (SSSR count). The van der Waals surface area contributed by atoms with E-state index >= 15 is 0 Å². The van der Waals surface area contributed by atoms with Gasteiger partial charge in [0.05, 0.1) is 0 Å². The summed E-state index contributed by atoms with van der Waals surface area (Å²) in [7, 11) is 0.550. The minimum atomic E-state index is -1.38. The van der Waals surface area contributed by atoms with Crippen LogP contribution >= 0.6 is 22.9 Å². The smallest absolute Gasteiger partial charge is 0.423 e. The summed E-state index contributed by atoms with van der Waals surface area (Å²) in [4.78, 5) is 0. The van der Waals surface area contributed by atoms with Gasteiger partial charge in [0.2, 0.25) is 0 Å². The molecule has 0 radical (unpaired) electrons. The first-order valence-electron chi connectivity index (χ1n) is 3.92. The van der Waals surface area contributed by atoms with Crippen LogP contribution in [0, 0.1) is 0 Å². The predicted octanol–water partition coefficient (Wildman–Crippen LogP) is 0.148. The molecule has 1 aromatic rings. The van der Waals surface area contributed by atoms with Gasteiger partial charge in [-0.15, -0.1) is 0 Å². The van der Waals surface area contributed by atoms with E-state index < -0.39 is 7.12 Å². The Morgan fingerprint density at radius 2 is 2.00 bits per heavy atom. The molecule has 2 N–H and O–H groups in total. The molecule has 1 aromatic carbocycles. The van der Waals surface area contributed by atoms with Crippen LogP contribution in [0.15, 0.2) is 24.3 Å². The van der Waals surface area contributed by atoms with Crippen LogP contribution in [0.4, 0.5) is 0 Å². The van der Waals surface area contributed by atoms with E-state index in [1.54, 1.807) is 12.1 Å². The van der Waals surface area contributed by atoms with E-state index in [0.717, 1.165) is 5.56 Å². The van der Waals surface area contributed by atoms with Gasteiger partial charge in [-0.2, -0.15) is 0 Å². The van der Waals surface area contributed by atoms with Gasteiger partial charge in [-0.1, -0.05) is 24.3 Å². The molecule has 0 bridgehead atoms.